The van der Waals surface area contributed by atoms with Crippen LogP contribution in [-0.4, -0.2) is 28.8 Å². The molecule has 140 valence electrons. The van der Waals surface area contributed by atoms with E-state index in [0.717, 1.165) is 37.7 Å². The van der Waals surface area contributed by atoms with Crippen molar-refractivity contribution < 1.29 is 9.59 Å². The molecule has 3 aliphatic rings. The van der Waals surface area contributed by atoms with E-state index >= 15 is 0 Å². The molecule has 0 radical (unpaired) electrons. The van der Waals surface area contributed by atoms with Crippen molar-refractivity contribution in [3.05, 3.63) is 35.4 Å². The Balaban J connectivity index is 1.63. The lowest BCUT2D eigenvalue weighted by Gasteiger charge is -2.39. The minimum atomic E-state index is -0.453. The van der Waals surface area contributed by atoms with E-state index in [1.807, 2.05) is 29.2 Å². The maximum atomic E-state index is 13.3. The summed E-state index contributed by atoms with van der Waals surface area (Å²) in [7, 11) is 0. The van der Waals surface area contributed by atoms with Crippen LogP contribution in [0.5, 0.6) is 0 Å². The van der Waals surface area contributed by atoms with E-state index < -0.39 is 6.04 Å². The van der Waals surface area contributed by atoms with Crippen molar-refractivity contribution in [2.45, 2.75) is 82.8 Å². The van der Waals surface area contributed by atoms with Crippen LogP contribution in [0.4, 0.5) is 0 Å². The number of carbonyl (C=O) groups excluding carboxylic acids is 2. The van der Waals surface area contributed by atoms with Crippen LogP contribution in [-0.2, 0) is 4.79 Å². The molecule has 4 rings (SSSR count). The Morgan fingerprint density at radius 1 is 1.00 bits per heavy atom. The van der Waals surface area contributed by atoms with Gasteiger partial charge in [0.15, 0.2) is 0 Å². The minimum Gasteiger partial charge on any atom is -0.351 e. The maximum absolute atomic E-state index is 13.3. The van der Waals surface area contributed by atoms with E-state index in [-0.39, 0.29) is 23.9 Å². The summed E-state index contributed by atoms with van der Waals surface area (Å²) >= 11 is 0. The van der Waals surface area contributed by atoms with Crippen molar-refractivity contribution in [1.29, 1.82) is 0 Å². The highest BCUT2D eigenvalue weighted by Crippen LogP contribution is 2.40. The van der Waals surface area contributed by atoms with E-state index in [2.05, 4.69) is 12.2 Å². The van der Waals surface area contributed by atoms with Crippen LogP contribution in [0.15, 0.2) is 24.3 Å². The van der Waals surface area contributed by atoms with Crippen LogP contribution in [0.25, 0.3) is 0 Å². The highest BCUT2D eigenvalue weighted by Gasteiger charge is 2.46. The molecule has 4 nitrogen and oxygen atoms in total. The molecule has 1 N–H and O–H groups in total. The molecule has 1 heterocycles. The second-order valence-corrected chi connectivity index (χ2v) is 8.37. The molecule has 2 amide bonds. The fourth-order valence-electron chi connectivity index (χ4n) is 5.18. The van der Waals surface area contributed by atoms with Crippen molar-refractivity contribution in [3.8, 4) is 0 Å². The third-order valence-corrected chi connectivity index (χ3v) is 6.62. The molecular formula is C22H30N2O2. The monoisotopic (exact) mass is 354 g/mol. The smallest absolute Gasteiger partial charge is 0.255 e. The van der Waals surface area contributed by atoms with Gasteiger partial charge in [0.25, 0.3) is 5.91 Å². The van der Waals surface area contributed by atoms with Gasteiger partial charge in [-0.1, -0.05) is 57.2 Å². The minimum absolute atomic E-state index is 0.0213. The van der Waals surface area contributed by atoms with Crippen LogP contribution in [0.3, 0.4) is 0 Å². The number of rotatable bonds is 3. The van der Waals surface area contributed by atoms with Gasteiger partial charge in [-0.2, -0.15) is 0 Å². The normalized spacial score (nSPS) is 29.5. The Morgan fingerprint density at radius 3 is 2.46 bits per heavy atom. The fourth-order valence-corrected chi connectivity index (χ4v) is 5.18. The van der Waals surface area contributed by atoms with Crippen molar-refractivity contribution in [3.63, 3.8) is 0 Å². The maximum Gasteiger partial charge on any atom is 0.255 e. The van der Waals surface area contributed by atoms with Gasteiger partial charge in [-0.3, -0.25) is 9.59 Å². The molecule has 0 bridgehead atoms. The molecule has 0 unspecified atom stereocenters. The van der Waals surface area contributed by atoms with Crippen molar-refractivity contribution >= 4 is 11.8 Å². The Bertz CT molecular complexity index is 680. The number of amides is 2. The lowest BCUT2D eigenvalue weighted by atomic mass is 9.84. The summed E-state index contributed by atoms with van der Waals surface area (Å²) in [5.74, 6) is 0.517. The summed E-state index contributed by atoms with van der Waals surface area (Å²) in [5.41, 5.74) is 1.61. The van der Waals surface area contributed by atoms with E-state index in [1.54, 1.807) is 0 Å². The van der Waals surface area contributed by atoms with E-state index in [9.17, 15) is 9.59 Å². The Labute approximate surface area is 156 Å². The number of fused-ring (bicyclic) bond motifs is 1. The summed E-state index contributed by atoms with van der Waals surface area (Å²) < 4.78 is 0. The molecule has 4 heteroatoms. The summed E-state index contributed by atoms with van der Waals surface area (Å²) in [4.78, 5) is 28.4. The van der Waals surface area contributed by atoms with Gasteiger partial charge in [0.05, 0.1) is 0 Å². The second kappa shape index (κ2) is 7.42. The largest absolute Gasteiger partial charge is 0.351 e. The molecule has 0 saturated heterocycles. The SMILES string of the molecule is C[C@@H]1CCCC[C@H]1N1C(=O)c2ccccc2[C@H]1C(=O)NC1CCCCC1. The summed E-state index contributed by atoms with van der Waals surface area (Å²) in [5, 5.41) is 3.27. The number of carbonyl (C=O) groups is 2. The third kappa shape index (κ3) is 3.15. The lowest BCUT2D eigenvalue weighted by Crippen LogP contribution is -2.49. The highest BCUT2D eigenvalue weighted by atomic mass is 16.2. The van der Waals surface area contributed by atoms with Gasteiger partial charge in [-0.25, -0.2) is 0 Å². The molecule has 2 aliphatic carbocycles. The molecule has 26 heavy (non-hydrogen) atoms. The molecule has 2 saturated carbocycles. The predicted molar refractivity (Wildman–Crippen MR) is 102 cm³/mol. The number of nitrogens with one attached hydrogen (secondary N) is 1. The van der Waals surface area contributed by atoms with Crippen LogP contribution in [0.1, 0.15) is 86.7 Å². The van der Waals surface area contributed by atoms with E-state index in [4.69, 9.17) is 0 Å². The van der Waals surface area contributed by atoms with Crippen LogP contribution < -0.4 is 5.32 Å². The molecule has 2 fully saturated rings. The first kappa shape index (κ1) is 17.6. The third-order valence-electron chi connectivity index (χ3n) is 6.62. The molecule has 1 aromatic carbocycles. The highest BCUT2D eigenvalue weighted by molar-refractivity contribution is 6.05. The second-order valence-electron chi connectivity index (χ2n) is 8.37. The zero-order valence-electron chi connectivity index (χ0n) is 15.7. The molecule has 0 aromatic heterocycles. The molecule has 0 spiro atoms. The number of benzene rings is 1. The first-order chi connectivity index (χ1) is 12.7. The van der Waals surface area contributed by atoms with Gasteiger partial charge < -0.3 is 10.2 Å². The molecule has 1 aromatic rings. The summed E-state index contributed by atoms with van der Waals surface area (Å²) in [6.07, 6.45) is 10.3. The van der Waals surface area contributed by atoms with Crippen LogP contribution in [0, 0.1) is 5.92 Å². The average molecular weight is 354 g/mol. The topological polar surface area (TPSA) is 49.4 Å². The zero-order valence-corrected chi connectivity index (χ0v) is 15.7. The standard InChI is InChI=1S/C22H30N2O2/c1-15-9-5-8-14-19(15)24-20(17-12-6-7-13-18(17)22(24)26)21(25)23-16-10-3-2-4-11-16/h6-7,12-13,15-16,19-20H,2-5,8-11,14H2,1H3,(H,23,25)/t15-,19-,20+/m1/s1. The van der Waals surface area contributed by atoms with Gasteiger partial charge in [0.2, 0.25) is 5.91 Å². The molecule has 3 atom stereocenters. The number of hydrogen-bond donors (Lipinski definition) is 1. The first-order valence-electron chi connectivity index (χ1n) is 10.4. The van der Waals surface area contributed by atoms with Crippen molar-refractivity contribution in [1.82, 2.24) is 10.2 Å². The van der Waals surface area contributed by atoms with E-state index in [1.165, 1.54) is 25.7 Å². The molecule has 1 aliphatic heterocycles. The fraction of sp³-hybridized carbons (Fsp3) is 0.636. The quantitative estimate of drug-likeness (QED) is 0.884. The van der Waals surface area contributed by atoms with Gasteiger partial charge in [-0.15, -0.1) is 0 Å². The first-order valence-corrected chi connectivity index (χ1v) is 10.4. The van der Waals surface area contributed by atoms with Crippen molar-refractivity contribution in [2.24, 2.45) is 5.92 Å². The Hall–Kier alpha value is -1.84. The van der Waals surface area contributed by atoms with Crippen LogP contribution in [0.2, 0.25) is 0 Å². The van der Waals surface area contributed by atoms with Gasteiger partial charge in [0, 0.05) is 17.6 Å². The van der Waals surface area contributed by atoms with Gasteiger partial charge >= 0.3 is 0 Å². The van der Waals surface area contributed by atoms with Gasteiger partial charge in [-0.05, 0) is 43.2 Å². The average Bonchev–Trinajstić information content (AvgIpc) is 2.96. The lowest BCUT2D eigenvalue weighted by molar-refractivity contribution is -0.127. The Kier molecular flexibility index (Phi) is 5.01. The predicted octanol–water partition coefficient (Wildman–Crippen LogP) is 4.21. The van der Waals surface area contributed by atoms with Gasteiger partial charge in [0.1, 0.15) is 6.04 Å². The number of nitrogens with zero attached hydrogens (tertiary/aromatic N) is 1. The zero-order chi connectivity index (χ0) is 18.1. The Morgan fingerprint density at radius 2 is 1.69 bits per heavy atom. The van der Waals surface area contributed by atoms with Crippen LogP contribution >= 0.6 is 0 Å². The summed E-state index contributed by atoms with van der Waals surface area (Å²) in [6.45, 7) is 2.23. The summed E-state index contributed by atoms with van der Waals surface area (Å²) in [6, 6.07) is 7.68. The van der Waals surface area contributed by atoms with E-state index in [0.29, 0.717) is 11.5 Å². The number of hydrogen-bond acceptors (Lipinski definition) is 2. The van der Waals surface area contributed by atoms with Crippen molar-refractivity contribution in [2.75, 3.05) is 0 Å². The molecular weight excluding hydrogens is 324 g/mol.